The van der Waals surface area contributed by atoms with Crippen molar-refractivity contribution in [2.24, 2.45) is 5.92 Å². The van der Waals surface area contributed by atoms with E-state index in [4.69, 9.17) is 0 Å². The van der Waals surface area contributed by atoms with Crippen molar-refractivity contribution in [2.75, 3.05) is 0 Å². The number of carbonyl (C=O) groups is 1. The number of fused-ring (bicyclic) bond motifs is 1. The van der Waals surface area contributed by atoms with Crippen LogP contribution < -0.4 is 5.32 Å². The minimum absolute atomic E-state index is 0.0223. The van der Waals surface area contributed by atoms with Gasteiger partial charge in [-0.05, 0) is 36.3 Å². The number of nitrogens with zero attached hydrogens (tertiary/aromatic N) is 2. The van der Waals surface area contributed by atoms with Gasteiger partial charge in [-0.1, -0.05) is 24.3 Å². The Labute approximate surface area is 143 Å². The molecule has 4 rings (SSSR count). The largest absolute Gasteiger partial charge is 0.393 e. The topological polar surface area (TPSA) is 67.2 Å². The number of hydrogen-bond donors (Lipinski definition) is 2. The number of aliphatic hydroxyl groups is 1. The van der Waals surface area contributed by atoms with E-state index in [-0.39, 0.29) is 24.6 Å². The fraction of sp³-hybridized carbons (Fsp3) is 0.333. The molecule has 2 heterocycles. The summed E-state index contributed by atoms with van der Waals surface area (Å²) >= 11 is 1.64. The molecule has 2 N–H and O–H groups in total. The third-order valence-electron chi connectivity index (χ3n) is 4.55. The molecule has 0 saturated heterocycles. The van der Waals surface area contributed by atoms with E-state index in [1.165, 1.54) is 0 Å². The predicted molar refractivity (Wildman–Crippen MR) is 93.7 cm³/mol. The normalized spacial score (nSPS) is 21.4. The fourth-order valence-corrected chi connectivity index (χ4v) is 4.12. The zero-order valence-corrected chi connectivity index (χ0v) is 13.9. The molecule has 2 aromatic heterocycles. The van der Waals surface area contributed by atoms with Gasteiger partial charge in [-0.15, -0.1) is 11.3 Å². The summed E-state index contributed by atoms with van der Waals surface area (Å²) in [5, 5.41) is 20.2. The van der Waals surface area contributed by atoms with E-state index in [1.807, 2.05) is 48.0 Å². The van der Waals surface area contributed by atoms with E-state index < -0.39 is 0 Å². The van der Waals surface area contributed by atoms with E-state index in [0.29, 0.717) is 5.92 Å². The van der Waals surface area contributed by atoms with Gasteiger partial charge in [-0.3, -0.25) is 9.48 Å². The first-order valence-corrected chi connectivity index (χ1v) is 9.00. The highest BCUT2D eigenvalue weighted by Gasteiger charge is 2.36. The van der Waals surface area contributed by atoms with Crippen molar-refractivity contribution in [3.63, 3.8) is 0 Å². The summed E-state index contributed by atoms with van der Waals surface area (Å²) < 4.78 is 1.68. The highest BCUT2D eigenvalue weighted by atomic mass is 32.1. The second-order valence-corrected chi connectivity index (χ2v) is 7.31. The number of benzene rings is 1. The highest BCUT2D eigenvalue weighted by molar-refractivity contribution is 7.10. The van der Waals surface area contributed by atoms with E-state index in [9.17, 15) is 9.90 Å². The maximum atomic E-state index is 12.5. The predicted octanol–water partition coefficient (Wildman–Crippen LogP) is 2.73. The first-order valence-electron chi connectivity index (χ1n) is 8.12. The van der Waals surface area contributed by atoms with Crippen LogP contribution in [0.2, 0.25) is 0 Å². The molecular weight excluding hydrogens is 322 g/mol. The molecule has 0 aliphatic heterocycles. The van der Waals surface area contributed by atoms with E-state index in [2.05, 4.69) is 10.4 Å². The molecule has 124 valence electrons. The van der Waals surface area contributed by atoms with Crippen LogP contribution in [0, 0.1) is 5.92 Å². The minimum Gasteiger partial charge on any atom is -0.393 e. The smallest absolute Gasteiger partial charge is 0.242 e. The average Bonchev–Trinajstić information content (AvgIpc) is 3.18. The lowest BCUT2D eigenvalue weighted by Crippen LogP contribution is -2.42. The third kappa shape index (κ3) is 3.07. The van der Waals surface area contributed by atoms with Gasteiger partial charge < -0.3 is 10.4 Å². The molecule has 1 amide bonds. The number of thiophene rings is 1. The molecule has 3 aromatic rings. The Morgan fingerprint density at radius 2 is 2.17 bits per heavy atom. The molecule has 1 fully saturated rings. The molecule has 1 atom stereocenters. The maximum Gasteiger partial charge on any atom is 0.242 e. The van der Waals surface area contributed by atoms with Crippen LogP contribution in [0.5, 0.6) is 0 Å². The zero-order valence-electron chi connectivity index (χ0n) is 13.1. The van der Waals surface area contributed by atoms with Crippen LogP contribution in [0.15, 0.2) is 48.0 Å². The first-order chi connectivity index (χ1) is 11.7. The number of aliphatic hydroxyl groups excluding tert-OH is 1. The molecular formula is C18H19N3O2S. The molecule has 1 saturated carbocycles. The Hall–Kier alpha value is -2.18. The third-order valence-corrected chi connectivity index (χ3v) is 5.51. The summed E-state index contributed by atoms with van der Waals surface area (Å²) in [5.74, 6) is 0.252. The van der Waals surface area contributed by atoms with E-state index >= 15 is 0 Å². The van der Waals surface area contributed by atoms with Crippen molar-refractivity contribution in [1.29, 1.82) is 0 Å². The van der Waals surface area contributed by atoms with Crippen molar-refractivity contribution in [3.8, 4) is 0 Å². The number of aromatic nitrogens is 2. The van der Waals surface area contributed by atoms with Crippen LogP contribution in [0.1, 0.15) is 23.8 Å². The SMILES string of the molecule is O=C(Cn1cc2ccccc2n1)NC(c1cccs1)C1CC(O)C1. The van der Waals surface area contributed by atoms with Crippen LogP contribution in [-0.4, -0.2) is 26.9 Å². The summed E-state index contributed by atoms with van der Waals surface area (Å²) in [6, 6.07) is 11.8. The fourth-order valence-electron chi connectivity index (χ4n) is 3.25. The molecule has 1 aliphatic carbocycles. The van der Waals surface area contributed by atoms with Crippen LogP contribution in [0.3, 0.4) is 0 Å². The lowest BCUT2D eigenvalue weighted by Gasteiger charge is -2.37. The van der Waals surface area contributed by atoms with Crippen molar-refractivity contribution in [1.82, 2.24) is 15.1 Å². The number of rotatable bonds is 5. The van der Waals surface area contributed by atoms with Gasteiger partial charge in [-0.2, -0.15) is 5.10 Å². The quantitative estimate of drug-likeness (QED) is 0.750. The maximum absolute atomic E-state index is 12.5. The number of carbonyl (C=O) groups excluding carboxylic acids is 1. The molecule has 0 radical (unpaired) electrons. The lowest BCUT2D eigenvalue weighted by atomic mass is 9.77. The Morgan fingerprint density at radius 1 is 1.33 bits per heavy atom. The Bertz CT molecular complexity index is 804. The number of hydrogen-bond acceptors (Lipinski definition) is 4. The Morgan fingerprint density at radius 3 is 2.88 bits per heavy atom. The van der Waals surface area contributed by atoms with Gasteiger partial charge in [-0.25, -0.2) is 0 Å². The van der Waals surface area contributed by atoms with Gasteiger partial charge in [0.05, 0.1) is 17.7 Å². The summed E-state index contributed by atoms with van der Waals surface area (Å²) in [4.78, 5) is 13.6. The second-order valence-electron chi connectivity index (χ2n) is 6.33. The van der Waals surface area contributed by atoms with E-state index in [1.54, 1.807) is 16.0 Å². The monoisotopic (exact) mass is 341 g/mol. The molecule has 0 bridgehead atoms. The summed E-state index contributed by atoms with van der Waals surface area (Å²) in [5.41, 5.74) is 0.891. The van der Waals surface area contributed by atoms with Crippen LogP contribution in [0.25, 0.3) is 10.9 Å². The van der Waals surface area contributed by atoms with Crippen LogP contribution in [-0.2, 0) is 11.3 Å². The first kappa shape index (κ1) is 15.4. The molecule has 6 heteroatoms. The Balaban J connectivity index is 1.46. The standard InChI is InChI=1S/C18H19N3O2S/c22-14-8-13(9-14)18(16-6-3-7-24-16)19-17(23)11-21-10-12-4-1-2-5-15(12)20-21/h1-7,10,13-14,18,22H,8-9,11H2,(H,19,23). The Kier molecular flexibility index (Phi) is 4.08. The summed E-state index contributed by atoms with van der Waals surface area (Å²) in [6.45, 7) is 0.200. The number of nitrogens with one attached hydrogen (secondary N) is 1. The molecule has 1 unspecified atom stereocenters. The van der Waals surface area contributed by atoms with Crippen molar-refractivity contribution in [2.45, 2.75) is 31.5 Å². The molecule has 5 nitrogen and oxygen atoms in total. The highest BCUT2D eigenvalue weighted by Crippen LogP contribution is 2.39. The van der Waals surface area contributed by atoms with Gasteiger partial charge in [0.25, 0.3) is 0 Å². The van der Waals surface area contributed by atoms with Crippen molar-refractivity contribution in [3.05, 3.63) is 52.9 Å². The van der Waals surface area contributed by atoms with Crippen LogP contribution in [0.4, 0.5) is 0 Å². The zero-order chi connectivity index (χ0) is 16.5. The molecule has 1 aromatic carbocycles. The van der Waals surface area contributed by atoms with Crippen molar-refractivity contribution < 1.29 is 9.90 Å². The van der Waals surface area contributed by atoms with Crippen LogP contribution >= 0.6 is 11.3 Å². The van der Waals surface area contributed by atoms with Gasteiger partial charge in [0.2, 0.25) is 5.91 Å². The lowest BCUT2D eigenvalue weighted by molar-refractivity contribution is -0.123. The molecule has 1 aliphatic rings. The summed E-state index contributed by atoms with van der Waals surface area (Å²) in [6.07, 6.45) is 3.15. The van der Waals surface area contributed by atoms with Gasteiger partial charge in [0.1, 0.15) is 6.54 Å². The minimum atomic E-state index is -0.231. The number of amides is 1. The average molecular weight is 341 g/mol. The van der Waals surface area contributed by atoms with E-state index in [0.717, 1.165) is 28.6 Å². The van der Waals surface area contributed by atoms with Gasteiger partial charge in [0, 0.05) is 16.5 Å². The second kappa shape index (κ2) is 6.37. The molecule has 0 spiro atoms. The molecule has 24 heavy (non-hydrogen) atoms. The van der Waals surface area contributed by atoms with Crippen molar-refractivity contribution >= 4 is 28.1 Å². The summed E-state index contributed by atoms with van der Waals surface area (Å²) in [7, 11) is 0. The van der Waals surface area contributed by atoms with Gasteiger partial charge in [0.15, 0.2) is 0 Å². The van der Waals surface area contributed by atoms with Gasteiger partial charge >= 0.3 is 0 Å².